The fourth-order valence-corrected chi connectivity index (χ4v) is 6.98. The number of piperazine rings is 1. The molecule has 0 spiro atoms. The number of ether oxygens (including phenoxy) is 1. The third-order valence-corrected chi connectivity index (χ3v) is 8.95. The number of amides is 2. The number of carbonyl (C=O) groups is 2. The summed E-state index contributed by atoms with van der Waals surface area (Å²) in [5.41, 5.74) is 5.41. The number of piperidine rings is 1. The number of hydrogen-bond donors (Lipinski definition) is 1. The zero-order valence-electron chi connectivity index (χ0n) is 22.8. The van der Waals surface area contributed by atoms with Crippen molar-refractivity contribution in [1.29, 1.82) is 0 Å². The van der Waals surface area contributed by atoms with Gasteiger partial charge in [-0.3, -0.25) is 14.5 Å². The number of carbonyl (C=O) groups excluding carboxylic acids is 2. The van der Waals surface area contributed by atoms with Gasteiger partial charge in [0.2, 0.25) is 11.8 Å². The molecule has 2 fully saturated rings. The molecule has 0 radical (unpaired) electrons. The molecule has 2 atom stereocenters. The van der Waals surface area contributed by atoms with Crippen LogP contribution in [0.4, 0.5) is 0 Å². The number of rotatable bonds is 5. The van der Waals surface area contributed by atoms with Crippen LogP contribution in [0.15, 0.2) is 78.9 Å². The molecule has 0 aliphatic carbocycles. The van der Waals surface area contributed by atoms with Gasteiger partial charge in [-0.1, -0.05) is 60.7 Å². The summed E-state index contributed by atoms with van der Waals surface area (Å²) in [6.07, 6.45) is 2.29. The minimum absolute atomic E-state index is 0.00782. The molecule has 3 aliphatic heterocycles. The lowest BCUT2D eigenvalue weighted by molar-refractivity contribution is -0.161. The van der Waals surface area contributed by atoms with E-state index in [1.165, 1.54) is 5.56 Å². The van der Waals surface area contributed by atoms with Gasteiger partial charge in [-0.05, 0) is 47.7 Å². The molecule has 0 bridgehead atoms. The highest BCUT2D eigenvalue weighted by atomic mass is 16.5. The zero-order valence-corrected chi connectivity index (χ0v) is 22.8. The number of likely N-dealkylation sites (tertiary alicyclic amines) is 1. The summed E-state index contributed by atoms with van der Waals surface area (Å²) in [7, 11) is 1.65. The highest BCUT2D eigenvalue weighted by molar-refractivity contribution is 5.97. The van der Waals surface area contributed by atoms with Gasteiger partial charge in [0, 0.05) is 48.7 Å². The Labute approximate surface area is 234 Å². The normalized spacial score (nSPS) is 21.9. The van der Waals surface area contributed by atoms with Crippen molar-refractivity contribution < 1.29 is 14.3 Å². The van der Waals surface area contributed by atoms with Gasteiger partial charge in [-0.2, -0.15) is 0 Å². The predicted molar refractivity (Wildman–Crippen MR) is 154 cm³/mol. The molecule has 1 unspecified atom stereocenters. The van der Waals surface area contributed by atoms with Crippen molar-refractivity contribution >= 4 is 22.7 Å². The van der Waals surface area contributed by atoms with Gasteiger partial charge in [0.05, 0.1) is 13.2 Å². The lowest BCUT2D eigenvalue weighted by Crippen LogP contribution is -2.65. The molecule has 3 aliphatic rings. The number of nitrogens with one attached hydrogen (secondary N) is 1. The van der Waals surface area contributed by atoms with Gasteiger partial charge >= 0.3 is 0 Å². The summed E-state index contributed by atoms with van der Waals surface area (Å²) in [6, 6.07) is 25.8. The van der Waals surface area contributed by atoms with Crippen LogP contribution in [0.2, 0.25) is 0 Å². The topological polar surface area (TPSA) is 68.9 Å². The van der Waals surface area contributed by atoms with E-state index in [0.29, 0.717) is 6.42 Å². The number of aromatic amines is 1. The Balaban J connectivity index is 1.19. The molecule has 40 heavy (non-hydrogen) atoms. The maximum Gasteiger partial charge on any atom is 0.246 e. The van der Waals surface area contributed by atoms with E-state index in [1.54, 1.807) is 7.11 Å². The summed E-state index contributed by atoms with van der Waals surface area (Å²) in [6.45, 7) is 2.90. The zero-order chi connectivity index (χ0) is 27.2. The van der Waals surface area contributed by atoms with Crippen LogP contribution >= 0.6 is 0 Å². The number of para-hydroxylation sites is 1. The van der Waals surface area contributed by atoms with E-state index >= 15 is 0 Å². The average molecular weight is 535 g/mol. The Kier molecular flexibility index (Phi) is 6.31. The Morgan fingerprint density at radius 2 is 1.70 bits per heavy atom. The van der Waals surface area contributed by atoms with Crippen molar-refractivity contribution in [2.45, 2.75) is 43.9 Å². The molecule has 7 rings (SSSR count). The predicted octanol–water partition coefficient (Wildman–Crippen LogP) is 4.53. The van der Waals surface area contributed by atoms with Crippen molar-refractivity contribution in [3.8, 4) is 5.75 Å². The van der Waals surface area contributed by atoms with Crippen molar-refractivity contribution in [2.24, 2.45) is 0 Å². The van der Waals surface area contributed by atoms with Crippen LogP contribution in [0, 0.1) is 0 Å². The lowest BCUT2D eigenvalue weighted by Gasteiger charge is -2.49. The third-order valence-electron chi connectivity index (χ3n) is 8.95. The van der Waals surface area contributed by atoms with Gasteiger partial charge in [0.1, 0.15) is 18.3 Å². The molecule has 4 heterocycles. The SMILES string of the molecule is COc1cccc(C2c3[nH]c4ccccc4c3C[C@H]3C(=O)N(C4CCN(Cc5ccccc5)CC4)CC(=O)N23)c1. The molecule has 204 valence electrons. The molecule has 7 heteroatoms. The van der Waals surface area contributed by atoms with Gasteiger partial charge in [0.15, 0.2) is 0 Å². The van der Waals surface area contributed by atoms with Crippen molar-refractivity contribution in [3.63, 3.8) is 0 Å². The second-order valence-corrected chi connectivity index (χ2v) is 11.2. The van der Waals surface area contributed by atoms with E-state index in [-0.39, 0.29) is 30.4 Å². The Bertz CT molecular complexity index is 1560. The van der Waals surface area contributed by atoms with Crippen LogP contribution in [-0.4, -0.2) is 70.3 Å². The van der Waals surface area contributed by atoms with Gasteiger partial charge < -0.3 is 19.5 Å². The Hall–Kier alpha value is -4.10. The third kappa shape index (κ3) is 4.25. The summed E-state index contributed by atoms with van der Waals surface area (Å²) in [5, 5.41) is 1.12. The lowest BCUT2D eigenvalue weighted by atomic mass is 9.85. The standard InChI is InChI=1S/C33H34N4O3/c1-40-25-11-7-10-23(18-25)32-31-27(26-12-5-6-13-28(26)34-31)19-29-33(39)36(21-30(38)37(29)32)24-14-16-35(17-15-24)20-22-8-3-2-4-9-22/h2-13,18,24,29,32,34H,14-17,19-21H2,1H3/t29-,32?/m0/s1. The number of aromatic nitrogens is 1. The van der Waals surface area contributed by atoms with Crippen molar-refractivity contribution in [2.75, 3.05) is 26.7 Å². The number of H-pyrrole nitrogens is 1. The summed E-state index contributed by atoms with van der Waals surface area (Å²) >= 11 is 0. The van der Waals surface area contributed by atoms with Gasteiger partial charge in [-0.25, -0.2) is 0 Å². The van der Waals surface area contributed by atoms with E-state index in [9.17, 15) is 9.59 Å². The van der Waals surface area contributed by atoms with Crippen molar-refractivity contribution in [1.82, 2.24) is 19.7 Å². The first kappa shape index (κ1) is 24.9. The summed E-state index contributed by atoms with van der Waals surface area (Å²) in [4.78, 5) is 38.0. The maximum atomic E-state index is 14.2. The highest BCUT2D eigenvalue weighted by Crippen LogP contribution is 2.43. The molecule has 1 N–H and O–H groups in total. The Morgan fingerprint density at radius 3 is 2.50 bits per heavy atom. The van der Waals surface area contributed by atoms with Gasteiger partial charge in [-0.15, -0.1) is 0 Å². The Morgan fingerprint density at radius 1 is 0.925 bits per heavy atom. The molecule has 1 aromatic heterocycles. The van der Waals surface area contributed by atoms with Crippen LogP contribution in [-0.2, 0) is 22.6 Å². The first-order valence-corrected chi connectivity index (χ1v) is 14.2. The monoisotopic (exact) mass is 534 g/mol. The van der Waals surface area contributed by atoms with E-state index in [4.69, 9.17) is 4.74 Å². The van der Waals surface area contributed by atoms with E-state index in [0.717, 1.165) is 65.9 Å². The first-order chi connectivity index (χ1) is 19.6. The molecular formula is C33H34N4O3. The van der Waals surface area contributed by atoms with E-state index < -0.39 is 6.04 Å². The quantitative estimate of drug-likeness (QED) is 0.409. The molecule has 2 amide bonds. The summed E-state index contributed by atoms with van der Waals surface area (Å²) < 4.78 is 5.53. The smallest absolute Gasteiger partial charge is 0.246 e. The fraction of sp³-hybridized carbons (Fsp3) is 0.333. The van der Waals surface area contributed by atoms with E-state index in [1.807, 2.05) is 52.3 Å². The second-order valence-electron chi connectivity index (χ2n) is 11.2. The van der Waals surface area contributed by atoms with Gasteiger partial charge in [0.25, 0.3) is 0 Å². The number of benzene rings is 3. The maximum absolute atomic E-state index is 14.2. The second kappa shape index (κ2) is 10.1. The van der Waals surface area contributed by atoms with E-state index in [2.05, 4.69) is 46.3 Å². The molecule has 7 nitrogen and oxygen atoms in total. The molecule has 0 saturated carbocycles. The van der Waals surface area contributed by atoms with Crippen LogP contribution in [0.3, 0.4) is 0 Å². The molecule has 2 saturated heterocycles. The van der Waals surface area contributed by atoms with Crippen LogP contribution in [0.25, 0.3) is 10.9 Å². The largest absolute Gasteiger partial charge is 0.497 e. The minimum Gasteiger partial charge on any atom is -0.497 e. The molecule has 3 aromatic carbocycles. The fourth-order valence-electron chi connectivity index (χ4n) is 6.98. The van der Waals surface area contributed by atoms with Crippen LogP contribution < -0.4 is 4.74 Å². The number of methoxy groups -OCH3 is 1. The number of fused-ring (bicyclic) bond motifs is 4. The first-order valence-electron chi connectivity index (χ1n) is 14.2. The number of hydrogen-bond acceptors (Lipinski definition) is 4. The minimum atomic E-state index is -0.522. The van der Waals surface area contributed by atoms with Crippen molar-refractivity contribution in [3.05, 3.63) is 101 Å². The number of nitrogens with zero attached hydrogens (tertiary/aromatic N) is 3. The summed E-state index contributed by atoms with van der Waals surface area (Å²) in [5.74, 6) is 0.815. The van der Waals surface area contributed by atoms with Crippen LogP contribution in [0.1, 0.15) is 41.3 Å². The van der Waals surface area contributed by atoms with Crippen LogP contribution in [0.5, 0.6) is 5.75 Å². The highest BCUT2D eigenvalue weighted by Gasteiger charge is 2.49. The molecular weight excluding hydrogens is 500 g/mol. The molecule has 4 aromatic rings. The average Bonchev–Trinajstić information content (AvgIpc) is 3.37.